The minimum atomic E-state index is -4.69. The quantitative estimate of drug-likeness (QED) is 0.310. The Bertz CT molecular complexity index is 1640. The van der Waals surface area contributed by atoms with Gasteiger partial charge in [0.15, 0.2) is 0 Å². The van der Waals surface area contributed by atoms with Gasteiger partial charge in [0.05, 0.1) is 47.2 Å². The summed E-state index contributed by atoms with van der Waals surface area (Å²) in [5.74, 6) is -0.958. The van der Waals surface area contributed by atoms with Crippen molar-refractivity contribution in [2.75, 3.05) is 6.61 Å². The van der Waals surface area contributed by atoms with Crippen molar-refractivity contribution in [3.8, 4) is 11.3 Å². The van der Waals surface area contributed by atoms with E-state index in [9.17, 15) is 18.0 Å². The molecule has 0 amide bonds. The number of halogens is 4. The van der Waals surface area contributed by atoms with Gasteiger partial charge in [-0.25, -0.2) is 19.0 Å². The van der Waals surface area contributed by atoms with Gasteiger partial charge in [-0.2, -0.15) is 23.4 Å². The van der Waals surface area contributed by atoms with Gasteiger partial charge < -0.3 is 4.74 Å². The molecule has 3 aromatic heterocycles. The van der Waals surface area contributed by atoms with Crippen molar-refractivity contribution in [1.29, 1.82) is 0 Å². The van der Waals surface area contributed by atoms with Gasteiger partial charge in [0.2, 0.25) is 0 Å². The van der Waals surface area contributed by atoms with Crippen molar-refractivity contribution in [2.24, 2.45) is 0 Å². The van der Waals surface area contributed by atoms with Crippen LogP contribution in [0.15, 0.2) is 41.6 Å². The van der Waals surface area contributed by atoms with Crippen LogP contribution in [-0.2, 0) is 10.9 Å². The number of alkyl halides is 3. The van der Waals surface area contributed by atoms with Gasteiger partial charge in [-0.15, -0.1) is 0 Å². The third-order valence-electron chi connectivity index (χ3n) is 7.69. The van der Waals surface area contributed by atoms with Crippen LogP contribution in [-0.4, -0.2) is 36.1 Å². The Hall–Kier alpha value is -3.67. The second kappa shape index (κ2) is 8.94. The van der Waals surface area contributed by atoms with Crippen LogP contribution in [0.5, 0.6) is 0 Å². The van der Waals surface area contributed by atoms with Gasteiger partial charge in [0.1, 0.15) is 17.2 Å². The van der Waals surface area contributed by atoms with Crippen molar-refractivity contribution < 1.29 is 22.3 Å². The van der Waals surface area contributed by atoms with Gasteiger partial charge in [0, 0.05) is 29.8 Å². The van der Waals surface area contributed by atoms with E-state index in [2.05, 4.69) is 20.2 Å². The molecule has 39 heavy (non-hydrogen) atoms. The predicted octanol–water partition coefficient (Wildman–Crippen LogP) is 5.51. The summed E-state index contributed by atoms with van der Waals surface area (Å²) in [6.07, 6.45) is 5.24. The minimum Gasteiger partial charge on any atom is -0.373 e. The summed E-state index contributed by atoms with van der Waals surface area (Å²) in [6, 6.07) is 2.73. The van der Waals surface area contributed by atoms with Gasteiger partial charge in [0.25, 0.3) is 5.56 Å². The lowest BCUT2D eigenvalue weighted by Gasteiger charge is -2.28. The molecule has 1 aliphatic heterocycles. The normalized spacial score (nSPS) is 21.9. The average molecular weight is 541 g/mol. The Morgan fingerprint density at radius 3 is 2.49 bits per heavy atom. The molecule has 1 aromatic carbocycles. The van der Waals surface area contributed by atoms with Gasteiger partial charge >= 0.3 is 6.18 Å². The molecule has 3 fully saturated rings. The van der Waals surface area contributed by atoms with Crippen LogP contribution in [0, 0.1) is 5.82 Å². The second-order valence-electron chi connectivity index (χ2n) is 10.6. The summed E-state index contributed by atoms with van der Waals surface area (Å²) in [5.41, 5.74) is -0.575. The number of ether oxygens (including phenoxy) is 1. The van der Waals surface area contributed by atoms with E-state index >= 15 is 4.39 Å². The zero-order chi connectivity index (χ0) is 26.9. The maximum atomic E-state index is 15.1. The van der Waals surface area contributed by atoms with Crippen LogP contribution >= 0.6 is 0 Å². The molecule has 4 aromatic rings. The zero-order valence-electron chi connectivity index (χ0n) is 20.7. The van der Waals surface area contributed by atoms with Crippen LogP contribution < -0.4 is 5.56 Å². The van der Waals surface area contributed by atoms with E-state index in [1.54, 1.807) is 6.20 Å². The highest BCUT2D eigenvalue weighted by molar-refractivity contribution is 5.91. The van der Waals surface area contributed by atoms with Crippen LogP contribution in [0.2, 0.25) is 0 Å². The van der Waals surface area contributed by atoms with Crippen LogP contribution in [0.25, 0.3) is 22.2 Å². The molecule has 4 heterocycles. The highest BCUT2D eigenvalue weighted by Crippen LogP contribution is 2.41. The third kappa shape index (κ3) is 4.50. The Morgan fingerprint density at radius 2 is 1.77 bits per heavy atom. The summed E-state index contributed by atoms with van der Waals surface area (Å²) < 4.78 is 64.1. The maximum absolute atomic E-state index is 15.1. The SMILES string of the molecule is O=c1c2nc([C@@H]3CCO[C@@H](c4cnn(C5CC5)c4)C3)nc(-c3ccc(C(F)(F)F)cc3F)c2cnn1C1CC1. The molecule has 202 valence electrons. The maximum Gasteiger partial charge on any atom is 0.416 e. The van der Waals surface area contributed by atoms with Crippen molar-refractivity contribution in [1.82, 2.24) is 29.5 Å². The molecule has 0 radical (unpaired) electrons. The predicted molar refractivity (Wildman–Crippen MR) is 131 cm³/mol. The fourth-order valence-electron chi connectivity index (χ4n) is 5.22. The van der Waals surface area contributed by atoms with Crippen molar-refractivity contribution >= 4 is 10.9 Å². The Labute approximate surface area is 219 Å². The molecule has 0 unspecified atom stereocenters. The molecule has 0 N–H and O–H groups in total. The topological polar surface area (TPSA) is 87.7 Å². The summed E-state index contributed by atoms with van der Waals surface area (Å²) in [7, 11) is 0. The fraction of sp³-hybridized carbons (Fsp3) is 0.444. The number of nitrogens with zero attached hydrogens (tertiary/aromatic N) is 6. The standard InChI is InChI=1S/C27H24F4N6O2/c28-21-10-16(27(29,30)31)1-6-19(21)23-20-12-33-37(18-4-5-18)26(38)24(20)35-25(34-23)14-7-8-39-22(9-14)15-11-32-36(13-15)17-2-3-17/h1,6,10-14,17-18,22H,2-5,7-9H2/t14-,22-/m1/s1. The van der Waals surface area contributed by atoms with E-state index in [1.165, 1.54) is 10.9 Å². The smallest absolute Gasteiger partial charge is 0.373 e. The van der Waals surface area contributed by atoms with E-state index in [-0.39, 0.29) is 40.2 Å². The summed E-state index contributed by atoms with van der Waals surface area (Å²) >= 11 is 0. The molecule has 0 bridgehead atoms. The number of fused-ring (bicyclic) bond motifs is 1. The van der Waals surface area contributed by atoms with E-state index in [4.69, 9.17) is 4.74 Å². The van der Waals surface area contributed by atoms with Crippen molar-refractivity contribution in [3.63, 3.8) is 0 Å². The number of aromatic nitrogens is 6. The van der Waals surface area contributed by atoms with Crippen LogP contribution in [0.3, 0.4) is 0 Å². The summed E-state index contributed by atoms with van der Waals surface area (Å²) in [6.45, 7) is 0.429. The first-order valence-electron chi connectivity index (χ1n) is 13.1. The van der Waals surface area contributed by atoms with E-state index < -0.39 is 23.1 Å². The Morgan fingerprint density at radius 1 is 0.974 bits per heavy atom. The molecule has 2 aliphatic carbocycles. The molecule has 3 aliphatic rings. The van der Waals surface area contributed by atoms with Gasteiger partial charge in [-0.3, -0.25) is 9.48 Å². The first-order valence-corrected chi connectivity index (χ1v) is 13.1. The number of benzene rings is 1. The number of hydrogen-bond donors (Lipinski definition) is 0. The van der Waals surface area contributed by atoms with E-state index in [1.807, 2.05) is 10.9 Å². The molecular weight excluding hydrogens is 516 g/mol. The lowest BCUT2D eigenvalue weighted by Crippen LogP contribution is -2.25. The molecule has 2 saturated carbocycles. The second-order valence-corrected chi connectivity index (χ2v) is 10.6. The molecule has 12 heteroatoms. The average Bonchev–Trinajstić information content (AvgIpc) is 3.87. The Kier molecular flexibility index (Phi) is 5.58. The zero-order valence-corrected chi connectivity index (χ0v) is 20.7. The van der Waals surface area contributed by atoms with Crippen molar-refractivity contribution in [3.05, 3.63) is 69.9 Å². The number of rotatable bonds is 5. The highest BCUT2D eigenvalue weighted by Gasteiger charge is 2.34. The third-order valence-corrected chi connectivity index (χ3v) is 7.69. The lowest BCUT2D eigenvalue weighted by atomic mass is 9.92. The Balaban J connectivity index is 1.32. The lowest BCUT2D eigenvalue weighted by molar-refractivity contribution is -0.137. The molecular formula is C27H24F4N6O2. The molecule has 8 nitrogen and oxygen atoms in total. The molecule has 7 rings (SSSR count). The largest absolute Gasteiger partial charge is 0.416 e. The first-order chi connectivity index (χ1) is 18.8. The minimum absolute atomic E-state index is 0.0120. The first kappa shape index (κ1) is 24.4. The number of hydrogen-bond acceptors (Lipinski definition) is 6. The molecule has 0 spiro atoms. The molecule has 2 atom stereocenters. The highest BCUT2D eigenvalue weighted by atomic mass is 19.4. The van der Waals surface area contributed by atoms with Gasteiger partial charge in [-0.1, -0.05) is 0 Å². The van der Waals surface area contributed by atoms with E-state index in [0.717, 1.165) is 43.4 Å². The van der Waals surface area contributed by atoms with Crippen LogP contribution in [0.1, 0.15) is 79.6 Å². The van der Waals surface area contributed by atoms with E-state index in [0.29, 0.717) is 37.4 Å². The van der Waals surface area contributed by atoms with Crippen molar-refractivity contribution in [2.45, 2.75) is 68.8 Å². The molecule has 1 saturated heterocycles. The summed E-state index contributed by atoms with van der Waals surface area (Å²) in [4.78, 5) is 22.7. The van der Waals surface area contributed by atoms with Crippen LogP contribution in [0.4, 0.5) is 17.6 Å². The van der Waals surface area contributed by atoms with Gasteiger partial charge in [-0.05, 0) is 56.7 Å². The monoisotopic (exact) mass is 540 g/mol. The summed E-state index contributed by atoms with van der Waals surface area (Å²) in [5, 5.41) is 8.91. The fourth-order valence-corrected chi connectivity index (χ4v) is 5.22.